The van der Waals surface area contributed by atoms with Crippen LogP contribution in [0.1, 0.15) is 0 Å². The van der Waals surface area contributed by atoms with Crippen LogP contribution < -0.4 is 16.1 Å². The molecule has 2 aromatic heterocycles. The third kappa shape index (κ3) is 1.66. The molecule has 0 aliphatic rings. The summed E-state index contributed by atoms with van der Waals surface area (Å²) in [6, 6.07) is 4.09. The van der Waals surface area contributed by atoms with Crippen molar-refractivity contribution in [3.8, 4) is 0 Å². The van der Waals surface area contributed by atoms with Crippen molar-refractivity contribution in [1.82, 2.24) is 9.38 Å². The van der Waals surface area contributed by atoms with E-state index in [1.165, 1.54) is 3.69 Å². The predicted molar refractivity (Wildman–Crippen MR) is 40.6 cm³/mol. The van der Waals surface area contributed by atoms with Gasteiger partial charge in [-0.15, -0.1) is 0 Å². The number of pyridine rings is 1. The number of fused-ring (bicyclic) bond motifs is 1. The summed E-state index contributed by atoms with van der Waals surface area (Å²) in [5.74, 6) is 0. The van der Waals surface area contributed by atoms with Crippen molar-refractivity contribution in [3.63, 3.8) is 0 Å². The summed E-state index contributed by atoms with van der Waals surface area (Å²) in [7, 11) is 0. The van der Waals surface area contributed by atoms with Crippen LogP contribution in [0, 0.1) is 0 Å². The third-order valence-corrected chi connectivity index (χ3v) is 1.87. The molecule has 0 amide bonds. The van der Waals surface area contributed by atoms with Crippen LogP contribution in [0.15, 0.2) is 30.7 Å². The van der Waals surface area contributed by atoms with Crippen LogP contribution in [0.25, 0.3) is 5.65 Å². The van der Waals surface area contributed by atoms with E-state index < -0.39 is 0 Å². The molecule has 0 saturated carbocycles. The number of hydrogen-bond acceptors (Lipinski definition) is 1. The van der Waals surface area contributed by atoms with E-state index in [0.717, 1.165) is 5.65 Å². The van der Waals surface area contributed by atoms with Gasteiger partial charge in [-0.1, -0.05) is 0 Å². The molecular formula is C7H5ClMgN2. The van der Waals surface area contributed by atoms with Gasteiger partial charge in [-0.3, -0.25) is 0 Å². The van der Waals surface area contributed by atoms with Crippen molar-refractivity contribution >= 4 is 31.0 Å². The topological polar surface area (TPSA) is 17.3 Å². The molecule has 11 heavy (non-hydrogen) atoms. The molecule has 0 aliphatic heterocycles. The van der Waals surface area contributed by atoms with E-state index in [2.05, 4.69) is 17.2 Å². The number of halogens is 1. The van der Waals surface area contributed by atoms with Crippen molar-refractivity contribution in [2.75, 3.05) is 0 Å². The van der Waals surface area contributed by atoms with Crippen LogP contribution in [0.4, 0.5) is 0 Å². The van der Waals surface area contributed by atoms with Gasteiger partial charge in [0.2, 0.25) is 0 Å². The second-order valence-electron chi connectivity index (χ2n) is 2.23. The summed E-state index contributed by atoms with van der Waals surface area (Å²) in [6.07, 6.45) is 5.82. The van der Waals surface area contributed by atoms with Crippen molar-refractivity contribution in [2.24, 2.45) is 0 Å². The fourth-order valence-corrected chi connectivity index (χ4v) is 1.28. The van der Waals surface area contributed by atoms with E-state index >= 15 is 0 Å². The van der Waals surface area contributed by atoms with Gasteiger partial charge < -0.3 is 12.4 Å². The Labute approximate surface area is 83.5 Å². The monoisotopic (exact) mass is 176 g/mol. The number of nitrogens with zero attached hydrogens (tertiary/aromatic N) is 2. The SMILES string of the molecule is [Cl-].[Mg+][c]1ccc2nccn2c1. The quantitative estimate of drug-likeness (QED) is 0.395. The first-order valence-corrected chi connectivity index (χ1v) is 3.82. The minimum atomic E-state index is 0. The van der Waals surface area contributed by atoms with Gasteiger partial charge in [-0.2, -0.15) is 0 Å². The van der Waals surface area contributed by atoms with Gasteiger partial charge in [0.05, 0.1) is 0 Å². The van der Waals surface area contributed by atoms with Gasteiger partial charge >= 0.3 is 71.2 Å². The van der Waals surface area contributed by atoms with Crippen LogP contribution in [-0.4, -0.2) is 31.1 Å². The Balaban J connectivity index is 0.000000605. The average molecular weight is 177 g/mol. The second kappa shape index (κ2) is 3.43. The predicted octanol–water partition coefficient (Wildman–Crippen LogP) is -2.87. The van der Waals surface area contributed by atoms with Gasteiger partial charge in [0.1, 0.15) is 0 Å². The van der Waals surface area contributed by atoms with E-state index in [-0.39, 0.29) is 12.4 Å². The zero-order chi connectivity index (χ0) is 6.97. The molecule has 0 saturated heterocycles. The Morgan fingerprint density at radius 1 is 1.36 bits per heavy atom. The minimum absolute atomic E-state index is 0. The molecule has 0 fully saturated rings. The van der Waals surface area contributed by atoms with Gasteiger partial charge in [0.15, 0.2) is 0 Å². The molecule has 0 bridgehead atoms. The fourth-order valence-electron chi connectivity index (χ4n) is 0.966. The van der Waals surface area contributed by atoms with Crippen LogP contribution in [0.3, 0.4) is 0 Å². The molecule has 0 unspecified atom stereocenters. The summed E-state index contributed by atoms with van der Waals surface area (Å²) in [4.78, 5) is 4.13. The Morgan fingerprint density at radius 2 is 2.18 bits per heavy atom. The first-order valence-electron chi connectivity index (χ1n) is 3.11. The van der Waals surface area contributed by atoms with E-state index in [1.54, 1.807) is 6.20 Å². The normalized spacial score (nSPS) is 9.64. The summed E-state index contributed by atoms with van der Waals surface area (Å²) >= 11 is 1.88. The van der Waals surface area contributed by atoms with Gasteiger partial charge in [0.25, 0.3) is 0 Å². The Hall–Kier alpha value is -0.254. The molecular weight excluding hydrogens is 172 g/mol. The third-order valence-electron chi connectivity index (χ3n) is 1.45. The van der Waals surface area contributed by atoms with Crippen LogP contribution in [0.2, 0.25) is 0 Å². The first-order chi connectivity index (χ1) is 4.86. The molecule has 4 heteroatoms. The molecule has 2 heterocycles. The van der Waals surface area contributed by atoms with E-state index in [9.17, 15) is 0 Å². The number of rotatable bonds is 0. The molecule has 0 radical (unpaired) electrons. The second-order valence-corrected chi connectivity index (χ2v) is 3.05. The van der Waals surface area contributed by atoms with Crippen LogP contribution in [0.5, 0.6) is 0 Å². The molecule has 2 aromatic rings. The van der Waals surface area contributed by atoms with Crippen molar-refractivity contribution in [2.45, 2.75) is 0 Å². The fraction of sp³-hybridized carbons (Fsp3) is 0. The molecule has 0 aliphatic carbocycles. The van der Waals surface area contributed by atoms with Crippen LogP contribution in [-0.2, 0) is 0 Å². The van der Waals surface area contributed by atoms with Gasteiger partial charge in [-0.05, 0) is 0 Å². The van der Waals surface area contributed by atoms with Gasteiger partial charge in [-0.25, -0.2) is 0 Å². The summed E-state index contributed by atoms with van der Waals surface area (Å²) in [6.45, 7) is 0. The molecule has 52 valence electrons. The standard InChI is InChI=1S/C7H5N2.ClH.Mg/c1-2-5-9-6-4-8-7(9)3-1;;/h1,3-6H;1H;/q;;+1/p-1. The average Bonchev–Trinajstić information content (AvgIpc) is 2.33. The Kier molecular flexibility index (Phi) is 2.76. The maximum absolute atomic E-state index is 4.13. The Bertz CT molecular complexity index is 358. The number of imidazole rings is 1. The van der Waals surface area contributed by atoms with Gasteiger partial charge in [0, 0.05) is 0 Å². The maximum atomic E-state index is 4.13. The zero-order valence-corrected chi connectivity index (χ0v) is 8.04. The van der Waals surface area contributed by atoms with E-state index in [4.69, 9.17) is 0 Å². The van der Waals surface area contributed by atoms with E-state index in [1.807, 2.05) is 38.4 Å². The van der Waals surface area contributed by atoms with Crippen molar-refractivity contribution in [1.29, 1.82) is 0 Å². The summed E-state index contributed by atoms with van der Waals surface area (Å²) in [5.41, 5.74) is 1.01. The molecule has 0 aromatic carbocycles. The molecule has 2 nitrogen and oxygen atoms in total. The number of hydrogen-bond donors (Lipinski definition) is 0. The zero-order valence-electron chi connectivity index (χ0n) is 5.87. The van der Waals surface area contributed by atoms with E-state index in [0.29, 0.717) is 0 Å². The molecule has 0 spiro atoms. The summed E-state index contributed by atoms with van der Waals surface area (Å²) in [5, 5.41) is 0. The van der Waals surface area contributed by atoms with Crippen molar-refractivity contribution < 1.29 is 12.4 Å². The molecule has 0 N–H and O–H groups in total. The van der Waals surface area contributed by atoms with Crippen molar-refractivity contribution in [3.05, 3.63) is 30.7 Å². The Morgan fingerprint density at radius 3 is 3.00 bits per heavy atom. The van der Waals surface area contributed by atoms with Crippen LogP contribution >= 0.6 is 0 Å². The molecule has 2 rings (SSSR count). The molecule has 0 atom stereocenters. The summed E-state index contributed by atoms with van der Waals surface area (Å²) < 4.78 is 3.30. The number of aromatic nitrogens is 2. The first kappa shape index (κ1) is 8.84.